The molecular formula is C17H23N5O3S3. The van der Waals surface area contributed by atoms with E-state index < -0.39 is 10.0 Å². The number of hydrogen-bond acceptors (Lipinski definition) is 8. The number of thioether (sulfide) groups is 1. The van der Waals surface area contributed by atoms with E-state index in [9.17, 15) is 13.2 Å². The van der Waals surface area contributed by atoms with Gasteiger partial charge >= 0.3 is 0 Å². The van der Waals surface area contributed by atoms with Gasteiger partial charge in [-0.3, -0.25) is 4.79 Å². The van der Waals surface area contributed by atoms with Crippen molar-refractivity contribution in [1.29, 1.82) is 0 Å². The lowest BCUT2D eigenvalue weighted by Crippen LogP contribution is -2.50. The van der Waals surface area contributed by atoms with E-state index >= 15 is 0 Å². The maximum atomic E-state index is 12.9. The van der Waals surface area contributed by atoms with Crippen LogP contribution in [0.1, 0.15) is 11.1 Å². The third-order valence-corrected chi connectivity index (χ3v) is 8.60. The van der Waals surface area contributed by atoms with Crippen LogP contribution in [0.4, 0.5) is 5.13 Å². The van der Waals surface area contributed by atoms with Crippen molar-refractivity contribution in [1.82, 2.24) is 19.4 Å². The summed E-state index contributed by atoms with van der Waals surface area (Å²) >= 11 is 2.74. The first-order chi connectivity index (χ1) is 13.3. The Hall–Kier alpha value is -1.69. The molecule has 0 unspecified atom stereocenters. The minimum Gasteiger partial charge on any atom is -0.363 e. The maximum absolute atomic E-state index is 12.9. The Morgan fingerprint density at radius 2 is 1.89 bits per heavy atom. The number of rotatable bonds is 6. The molecule has 0 saturated carbocycles. The summed E-state index contributed by atoms with van der Waals surface area (Å²) in [5.74, 6) is 0.247. The normalized spacial score (nSPS) is 15.6. The quantitative estimate of drug-likeness (QED) is 0.683. The zero-order valence-corrected chi connectivity index (χ0v) is 18.5. The monoisotopic (exact) mass is 441 g/mol. The van der Waals surface area contributed by atoms with Crippen molar-refractivity contribution in [2.75, 3.05) is 44.3 Å². The number of benzene rings is 1. The van der Waals surface area contributed by atoms with Gasteiger partial charge in [0.05, 0.1) is 10.6 Å². The van der Waals surface area contributed by atoms with Gasteiger partial charge in [0.2, 0.25) is 21.1 Å². The van der Waals surface area contributed by atoms with Crippen molar-refractivity contribution in [3.8, 4) is 0 Å². The third kappa shape index (κ3) is 4.65. The molecule has 1 aromatic heterocycles. The van der Waals surface area contributed by atoms with E-state index in [4.69, 9.17) is 0 Å². The zero-order valence-electron chi connectivity index (χ0n) is 16.0. The fourth-order valence-corrected chi connectivity index (χ4v) is 5.90. The number of aromatic nitrogens is 2. The molecule has 2 heterocycles. The average molecular weight is 442 g/mol. The van der Waals surface area contributed by atoms with Gasteiger partial charge < -0.3 is 10.2 Å². The lowest BCUT2D eigenvalue weighted by Gasteiger charge is -2.34. The highest BCUT2D eigenvalue weighted by molar-refractivity contribution is 8.01. The number of carbonyl (C=O) groups excluding carboxylic acids is 1. The standard InChI is InChI=1S/C17H23N5O3S3/c1-12-4-5-14(10-13(12)2)28(24,25)22-8-6-21(7-9-22)15(23)11-26-17-20-19-16(18-3)27-17/h4-5,10H,6-9,11H2,1-3H3,(H,18,19). The number of carbonyl (C=O) groups is 1. The van der Waals surface area contributed by atoms with Crippen LogP contribution in [0, 0.1) is 13.8 Å². The Morgan fingerprint density at radius 1 is 1.18 bits per heavy atom. The maximum Gasteiger partial charge on any atom is 0.243 e. The Bertz CT molecular complexity index is 953. The van der Waals surface area contributed by atoms with Crippen LogP contribution in [-0.2, 0) is 14.8 Å². The lowest BCUT2D eigenvalue weighted by molar-refractivity contribution is -0.129. The van der Waals surface area contributed by atoms with Gasteiger partial charge in [-0.05, 0) is 37.1 Å². The summed E-state index contributed by atoms with van der Waals surface area (Å²) in [5.41, 5.74) is 2.01. The smallest absolute Gasteiger partial charge is 0.243 e. The van der Waals surface area contributed by atoms with Crippen molar-refractivity contribution < 1.29 is 13.2 Å². The Labute approximate surface area is 173 Å². The van der Waals surface area contributed by atoms with E-state index in [-0.39, 0.29) is 11.7 Å². The van der Waals surface area contributed by atoms with Gasteiger partial charge in [0, 0.05) is 33.2 Å². The molecule has 0 radical (unpaired) electrons. The molecule has 1 N–H and O–H groups in total. The van der Waals surface area contributed by atoms with Gasteiger partial charge in [-0.15, -0.1) is 10.2 Å². The van der Waals surface area contributed by atoms with Crippen LogP contribution in [-0.4, -0.2) is 72.7 Å². The first-order valence-corrected chi connectivity index (χ1v) is 12.0. The van der Waals surface area contributed by atoms with Crippen LogP contribution in [0.5, 0.6) is 0 Å². The number of sulfonamides is 1. The predicted molar refractivity (Wildman–Crippen MR) is 111 cm³/mol. The summed E-state index contributed by atoms with van der Waals surface area (Å²) in [7, 11) is -1.77. The van der Waals surface area contributed by atoms with Crippen molar-refractivity contribution in [2.24, 2.45) is 0 Å². The molecule has 0 atom stereocenters. The van der Waals surface area contributed by atoms with Crippen molar-refractivity contribution in [3.05, 3.63) is 29.3 Å². The predicted octanol–water partition coefficient (Wildman–Crippen LogP) is 1.82. The van der Waals surface area contributed by atoms with Gasteiger partial charge in [-0.2, -0.15) is 4.31 Å². The second-order valence-electron chi connectivity index (χ2n) is 6.44. The molecule has 8 nitrogen and oxygen atoms in total. The number of nitrogens with one attached hydrogen (secondary N) is 1. The second kappa shape index (κ2) is 8.76. The highest BCUT2D eigenvalue weighted by Gasteiger charge is 2.30. The molecule has 0 spiro atoms. The minimum atomic E-state index is -3.54. The third-order valence-electron chi connectivity index (χ3n) is 4.65. The summed E-state index contributed by atoms with van der Waals surface area (Å²) in [6.45, 7) is 5.24. The minimum absolute atomic E-state index is 0.0190. The summed E-state index contributed by atoms with van der Waals surface area (Å²) in [6.07, 6.45) is 0. The molecule has 1 amide bonds. The van der Waals surface area contributed by atoms with Crippen LogP contribution in [0.25, 0.3) is 0 Å². The fourth-order valence-electron chi connectivity index (χ4n) is 2.79. The molecule has 1 aliphatic heterocycles. The molecule has 11 heteroatoms. The van der Waals surface area contributed by atoms with Crippen LogP contribution < -0.4 is 5.32 Å². The van der Waals surface area contributed by atoms with Gasteiger partial charge in [0.25, 0.3) is 0 Å². The topological polar surface area (TPSA) is 95.5 Å². The second-order valence-corrected chi connectivity index (χ2v) is 10.6. The molecular weight excluding hydrogens is 418 g/mol. The molecule has 28 heavy (non-hydrogen) atoms. The van der Waals surface area contributed by atoms with Gasteiger partial charge in [0.1, 0.15) is 0 Å². The number of amides is 1. The number of anilines is 1. The van der Waals surface area contributed by atoms with E-state index in [1.807, 2.05) is 19.9 Å². The Balaban J connectivity index is 1.55. The number of nitrogens with zero attached hydrogens (tertiary/aromatic N) is 4. The molecule has 2 aromatic rings. The average Bonchev–Trinajstić information content (AvgIpc) is 3.16. The molecule has 0 aliphatic carbocycles. The van der Waals surface area contributed by atoms with E-state index in [2.05, 4.69) is 15.5 Å². The SMILES string of the molecule is CNc1nnc(SCC(=O)N2CCN(S(=O)(=O)c3ccc(C)c(C)c3)CC2)s1. The number of aryl methyl sites for hydroxylation is 2. The first kappa shape index (κ1) is 21.0. The van der Waals surface area contributed by atoms with Gasteiger partial charge in [-0.1, -0.05) is 29.2 Å². The summed E-state index contributed by atoms with van der Waals surface area (Å²) in [6, 6.07) is 5.18. The van der Waals surface area contributed by atoms with Crippen molar-refractivity contribution >= 4 is 44.2 Å². The summed E-state index contributed by atoms with van der Waals surface area (Å²) < 4.78 is 27.9. The summed E-state index contributed by atoms with van der Waals surface area (Å²) in [5, 5.41) is 11.6. The van der Waals surface area contributed by atoms with Crippen molar-refractivity contribution in [2.45, 2.75) is 23.1 Å². The Morgan fingerprint density at radius 3 is 2.50 bits per heavy atom. The molecule has 1 aromatic carbocycles. The molecule has 1 saturated heterocycles. The van der Waals surface area contributed by atoms with Crippen LogP contribution in [0.2, 0.25) is 0 Å². The van der Waals surface area contributed by atoms with E-state index in [1.54, 1.807) is 24.1 Å². The molecule has 3 rings (SSSR count). The fraction of sp³-hybridized carbons (Fsp3) is 0.471. The van der Waals surface area contributed by atoms with Crippen LogP contribution in [0.15, 0.2) is 27.4 Å². The highest BCUT2D eigenvalue weighted by Crippen LogP contribution is 2.26. The molecule has 0 bridgehead atoms. The van der Waals surface area contributed by atoms with Crippen LogP contribution >= 0.6 is 23.1 Å². The molecule has 1 aliphatic rings. The summed E-state index contributed by atoms with van der Waals surface area (Å²) in [4.78, 5) is 14.4. The van der Waals surface area contributed by atoms with Gasteiger partial charge in [-0.25, -0.2) is 8.42 Å². The van der Waals surface area contributed by atoms with Crippen LogP contribution in [0.3, 0.4) is 0 Å². The van der Waals surface area contributed by atoms with E-state index in [0.717, 1.165) is 15.5 Å². The largest absolute Gasteiger partial charge is 0.363 e. The van der Waals surface area contributed by atoms with Gasteiger partial charge in [0.15, 0.2) is 4.34 Å². The number of piperazine rings is 1. The zero-order chi connectivity index (χ0) is 20.3. The number of hydrogen-bond donors (Lipinski definition) is 1. The molecule has 152 valence electrons. The first-order valence-electron chi connectivity index (χ1n) is 8.80. The van der Waals surface area contributed by atoms with Crippen molar-refractivity contribution in [3.63, 3.8) is 0 Å². The van der Waals surface area contributed by atoms with E-state index in [1.165, 1.54) is 27.4 Å². The lowest BCUT2D eigenvalue weighted by atomic mass is 10.1. The highest BCUT2D eigenvalue weighted by atomic mass is 32.2. The molecule has 1 fully saturated rings. The van der Waals surface area contributed by atoms with E-state index in [0.29, 0.717) is 36.2 Å². The Kier molecular flexibility index (Phi) is 6.58.